The standard InChI is InChI=1S/C24H29ClN4O4S/c1-24(2,3)19-12-10-17(11-13-19)23-26-21(33-27-23)15-28(4)22(30)16-29(34(5,31)32)14-18-8-6-7-9-20(18)25/h6-13H,14-16H2,1-5H3. The summed E-state index contributed by atoms with van der Waals surface area (Å²) in [5, 5.41) is 4.45. The molecule has 0 aliphatic carbocycles. The van der Waals surface area contributed by atoms with Gasteiger partial charge in [0.25, 0.3) is 0 Å². The zero-order valence-electron chi connectivity index (χ0n) is 19.9. The van der Waals surface area contributed by atoms with E-state index in [-0.39, 0.29) is 30.9 Å². The minimum atomic E-state index is -3.65. The first-order valence-corrected chi connectivity index (χ1v) is 12.9. The Bertz CT molecular complexity index is 1250. The van der Waals surface area contributed by atoms with Crippen molar-refractivity contribution in [2.24, 2.45) is 0 Å². The Labute approximate surface area is 205 Å². The van der Waals surface area contributed by atoms with Crippen LogP contribution in [0, 0.1) is 0 Å². The summed E-state index contributed by atoms with van der Waals surface area (Å²) in [4.78, 5) is 18.5. The molecule has 34 heavy (non-hydrogen) atoms. The quantitative estimate of drug-likeness (QED) is 0.458. The number of benzene rings is 2. The largest absolute Gasteiger partial charge is 0.337 e. The van der Waals surface area contributed by atoms with Crippen molar-refractivity contribution in [3.8, 4) is 11.4 Å². The highest BCUT2D eigenvalue weighted by molar-refractivity contribution is 7.88. The number of carbonyl (C=O) groups is 1. The van der Waals surface area contributed by atoms with Crippen LogP contribution in [0.1, 0.15) is 37.8 Å². The van der Waals surface area contributed by atoms with Gasteiger partial charge in [-0.05, 0) is 22.6 Å². The fraction of sp³-hybridized carbons (Fsp3) is 0.375. The minimum Gasteiger partial charge on any atom is -0.337 e. The molecule has 0 radical (unpaired) electrons. The van der Waals surface area contributed by atoms with Crippen LogP contribution in [-0.2, 0) is 33.3 Å². The van der Waals surface area contributed by atoms with Gasteiger partial charge in [0.05, 0.1) is 19.3 Å². The van der Waals surface area contributed by atoms with Gasteiger partial charge in [0, 0.05) is 24.2 Å². The summed E-state index contributed by atoms with van der Waals surface area (Å²) in [5.74, 6) is 0.266. The summed E-state index contributed by atoms with van der Waals surface area (Å²) in [5.41, 5.74) is 2.65. The van der Waals surface area contributed by atoms with Gasteiger partial charge < -0.3 is 9.42 Å². The lowest BCUT2D eigenvalue weighted by atomic mass is 9.87. The monoisotopic (exact) mass is 504 g/mol. The first-order valence-electron chi connectivity index (χ1n) is 10.7. The number of nitrogens with zero attached hydrogens (tertiary/aromatic N) is 4. The fourth-order valence-corrected chi connectivity index (χ4v) is 4.14. The number of likely N-dealkylation sites (N-methyl/N-ethyl adjacent to an activating group) is 1. The summed E-state index contributed by atoms with van der Waals surface area (Å²) < 4.78 is 31.0. The Hall–Kier alpha value is -2.75. The molecule has 0 saturated carbocycles. The van der Waals surface area contributed by atoms with Crippen molar-refractivity contribution >= 4 is 27.5 Å². The van der Waals surface area contributed by atoms with Crippen LogP contribution in [0.4, 0.5) is 0 Å². The van der Waals surface area contributed by atoms with Gasteiger partial charge in [0.2, 0.25) is 27.6 Å². The average Bonchev–Trinajstić information content (AvgIpc) is 3.22. The highest BCUT2D eigenvalue weighted by atomic mass is 35.5. The number of rotatable bonds is 8. The van der Waals surface area contributed by atoms with Crippen molar-refractivity contribution in [3.05, 3.63) is 70.6 Å². The van der Waals surface area contributed by atoms with Crippen molar-refractivity contribution in [2.75, 3.05) is 19.8 Å². The molecule has 3 rings (SSSR count). The van der Waals surface area contributed by atoms with Crippen LogP contribution in [0.25, 0.3) is 11.4 Å². The van der Waals surface area contributed by atoms with E-state index in [4.69, 9.17) is 16.1 Å². The molecular weight excluding hydrogens is 476 g/mol. The van der Waals surface area contributed by atoms with E-state index in [0.29, 0.717) is 16.4 Å². The van der Waals surface area contributed by atoms with Crippen LogP contribution in [-0.4, -0.2) is 53.5 Å². The summed E-state index contributed by atoms with van der Waals surface area (Å²) in [7, 11) is -2.10. The molecule has 2 aromatic carbocycles. The predicted octanol–water partition coefficient (Wildman–Crippen LogP) is 4.11. The molecule has 0 atom stereocenters. The lowest BCUT2D eigenvalue weighted by molar-refractivity contribution is -0.131. The maximum atomic E-state index is 12.8. The van der Waals surface area contributed by atoms with Gasteiger partial charge in [-0.2, -0.15) is 9.29 Å². The Morgan fingerprint density at radius 1 is 1.06 bits per heavy atom. The molecule has 0 fully saturated rings. The summed E-state index contributed by atoms with van der Waals surface area (Å²) in [6.07, 6.45) is 1.06. The number of hydrogen-bond acceptors (Lipinski definition) is 6. The zero-order valence-corrected chi connectivity index (χ0v) is 21.5. The summed E-state index contributed by atoms with van der Waals surface area (Å²) >= 11 is 6.16. The van der Waals surface area contributed by atoms with Crippen molar-refractivity contribution in [2.45, 2.75) is 39.3 Å². The van der Waals surface area contributed by atoms with E-state index >= 15 is 0 Å². The molecule has 0 aliphatic rings. The topological polar surface area (TPSA) is 96.6 Å². The third-order valence-electron chi connectivity index (χ3n) is 5.36. The number of halogens is 1. The van der Waals surface area contributed by atoms with Crippen LogP contribution in [0.5, 0.6) is 0 Å². The van der Waals surface area contributed by atoms with Gasteiger partial charge in [-0.25, -0.2) is 8.42 Å². The second-order valence-electron chi connectivity index (χ2n) is 9.21. The summed E-state index contributed by atoms with van der Waals surface area (Å²) in [6, 6.07) is 14.8. The van der Waals surface area contributed by atoms with Crippen molar-refractivity contribution < 1.29 is 17.7 Å². The second-order valence-corrected chi connectivity index (χ2v) is 11.6. The number of hydrogen-bond donors (Lipinski definition) is 0. The van der Waals surface area contributed by atoms with Gasteiger partial charge in [-0.1, -0.05) is 80.0 Å². The van der Waals surface area contributed by atoms with E-state index in [1.54, 1.807) is 31.3 Å². The first-order chi connectivity index (χ1) is 15.8. The van der Waals surface area contributed by atoms with E-state index in [1.165, 1.54) is 10.5 Å². The summed E-state index contributed by atoms with van der Waals surface area (Å²) in [6.45, 7) is 6.13. The molecular formula is C24H29ClN4O4S. The van der Waals surface area contributed by atoms with Crippen LogP contribution < -0.4 is 0 Å². The highest BCUT2D eigenvalue weighted by Crippen LogP contribution is 2.25. The second kappa shape index (κ2) is 10.2. The number of sulfonamides is 1. The molecule has 0 spiro atoms. The van der Waals surface area contributed by atoms with Crippen LogP contribution >= 0.6 is 11.6 Å². The molecule has 1 heterocycles. The predicted molar refractivity (Wildman–Crippen MR) is 132 cm³/mol. The SMILES string of the molecule is CN(Cc1nc(-c2ccc(C(C)(C)C)cc2)no1)C(=O)CN(Cc1ccccc1Cl)S(C)(=O)=O. The molecule has 0 saturated heterocycles. The third kappa shape index (κ3) is 6.65. The fourth-order valence-electron chi connectivity index (χ4n) is 3.23. The van der Waals surface area contributed by atoms with Crippen LogP contribution in [0.2, 0.25) is 5.02 Å². The number of carbonyl (C=O) groups excluding carboxylic acids is 1. The lowest BCUT2D eigenvalue weighted by Crippen LogP contribution is -2.40. The molecule has 0 aliphatic heterocycles. The van der Waals surface area contributed by atoms with E-state index in [9.17, 15) is 13.2 Å². The average molecular weight is 505 g/mol. The van der Waals surface area contributed by atoms with Crippen LogP contribution in [0.3, 0.4) is 0 Å². The van der Waals surface area contributed by atoms with Crippen molar-refractivity contribution in [1.82, 2.24) is 19.3 Å². The molecule has 182 valence electrons. The Balaban J connectivity index is 1.67. The lowest BCUT2D eigenvalue weighted by Gasteiger charge is -2.23. The zero-order chi connectivity index (χ0) is 25.1. The molecule has 8 nitrogen and oxygen atoms in total. The maximum absolute atomic E-state index is 12.8. The molecule has 1 aromatic heterocycles. The van der Waals surface area contributed by atoms with E-state index < -0.39 is 15.9 Å². The van der Waals surface area contributed by atoms with Gasteiger partial charge in [-0.3, -0.25) is 4.79 Å². The van der Waals surface area contributed by atoms with Crippen molar-refractivity contribution in [1.29, 1.82) is 0 Å². The molecule has 10 heteroatoms. The molecule has 0 N–H and O–H groups in total. The van der Waals surface area contributed by atoms with Crippen molar-refractivity contribution in [3.63, 3.8) is 0 Å². The highest BCUT2D eigenvalue weighted by Gasteiger charge is 2.24. The van der Waals surface area contributed by atoms with Gasteiger partial charge in [-0.15, -0.1) is 0 Å². The number of amides is 1. The molecule has 1 amide bonds. The van der Waals surface area contributed by atoms with Gasteiger partial charge >= 0.3 is 0 Å². The van der Waals surface area contributed by atoms with Gasteiger partial charge in [0.1, 0.15) is 0 Å². The third-order valence-corrected chi connectivity index (χ3v) is 6.93. The van der Waals surface area contributed by atoms with E-state index in [1.807, 2.05) is 24.3 Å². The van der Waals surface area contributed by atoms with E-state index in [2.05, 4.69) is 30.9 Å². The Morgan fingerprint density at radius 2 is 1.71 bits per heavy atom. The molecule has 0 bridgehead atoms. The Morgan fingerprint density at radius 3 is 2.29 bits per heavy atom. The molecule has 3 aromatic rings. The smallest absolute Gasteiger partial charge is 0.246 e. The molecule has 0 unspecified atom stereocenters. The van der Waals surface area contributed by atoms with Crippen LogP contribution in [0.15, 0.2) is 53.1 Å². The maximum Gasteiger partial charge on any atom is 0.246 e. The Kier molecular flexibility index (Phi) is 7.80. The minimum absolute atomic E-state index is 0.00659. The normalized spacial score (nSPS) is 12.2. The first kappa shape index (κ1) is 25.9. The number of aromatic nitrogens is 2. The van der Waals surface area contributed by atoms with Gasteiger partial charge in [0.15, 0.2) is 0 Å². The van der Waals surface area contributed by atoms with E-state index in [0.717, 1.165) is 16.1 Å².